The third kappa shape index (κ3) is 3.53. The highest BCUT2D eigenvalue weighted by molar-refractivity contribution is 5.74. The van der Waals surface area contributed by atoms with Crippen molar-refractivity contribution in [3.8, 4) is 17.3 Å². The van der Waals surface area contributed by atoms with Crippen molar-refractivity contribution >= 4 is 6.03 Å². The van der Waals surface area contributed by atoms with E-state index in [1.165, 1.54) is 6.42 Å². The molecule has 1 aliphatic carbocycles. The van der Waals surface area contributed by atoms with Crippen LogP contribution in [0.15, 0.2) is 48.7 Å². The average molecular weight is 390 g/mol. The molecular weight excluding hydrogens is 368 g/mol. The number of hydrogen-bond donors (Lipinski definition) is 3. The predicted octanol–water partition coefficient (Wildman–Crippen LogP) is 3.11. The average Bonchev–Trinajstić information content (AvgIpc) is 3.21. The first-order valence-corrected chi connectivity index (χ1v) is 9.86. The maximum Gasteiger partial charge on any atom is 0.315 e. The maximum absolute atomic E-state index is 12.6. The van der Waals surface area contributed by atoms with Crippen LogP contribution in [0.5, 0.6) is 5.75 Å². The minimum absolute atomic E-state index is 0.0703. The quantitative estimate of drug-likeness (QED) is 0.635. The van der Waals surface area contributed by atoms with Gasteiger partial charge in [-0.2, -0.15) is 5.10 Å². The van der Waals surface area contributed by atoms with Gasteiger partial charge in [-0.15, -0.1) is 0 Å². The lowest BCUT2D eigenvalue weighted by molar-refractivity contribution is -0.0355. The number of para-hydroxylation sites is 1. The van der Waals surface area contributed by atoms with Gasteiger partial charge in [-0.3, -0.25) is 10.1 Å². The first kappa shape index (κ1) is 17.7. The normalized spacial score (nSPS) is 19.0. The summed E-state index contributed by atoms with van der Waals surface area (Å²) < 4.78 is 6.24. The number of ether oxygens (including phenoxy) is 1. The van der Waals surface area contributed by atoms with Gasteiger partial charge < -0.3 is 15.4 Å². The summed E-state index contributed by atoms with van der Waals surface area (Å²) in [7, 11) is 0. The lowest BCUT2D eigenvalue weighted by atomic mass is 9.73. The number of carbonyl (C=O) groups is 1. The molecule has 29 heavy (non-hydrogen) atoms. The molecule has 2 amide bonds. The number of nitrogens with one attached hydrogen (secondary N) is 3. The highest BCUT2D eigenvalue weighted by Gasteiger charge is 2.45. The molecule has 1 aliphatic heterocycles. The van der Waals surface area contributed by atoms with Crippen LogP contribution in [0.4, 0.5) is 4.79 Å². The fourth-order valence-corrected chi connectivity index (χ4v) is 3.98. The molecule has 3 heterocycles. The summed E-state index contributed by atoms with van der Waals surface area (Å²) in [5, 5.41) is 13.0. The molecule has 1 aromatic carbocycles. The van der Waals surface area contributed by atoms with Crippen molar-refractivity contribution in [2.45, 2.75) is 43.9 Å². The molecule has 0 radical (unpaired) electrons. The van der Waals surface area contributed by atoms with E-state index in [4.69, 9.17) is 4.74 Å². The highest BCUT2D eigenvalue weighted by Crippen LogP contribution is 2.48. The Morgan fingerprint density at radius 3 is 2.86 bits per heavy atom. The minimum atomic E-state index is -0.239. The summed E-state index contributed by atoms with van der Waals surface area (Å²) >= 11 is 0. The number of nitrogens with zero attached hydrogens (tertiary/aromatic N) is 3. The number of amides is 2. The number of rotatable bonds is 4. The van der Waals surface area contributed by atoms with Crippen molar-refractivity contribution in [3.05, 3.63) is 60.0 Å². The Morgan fingerprint density at radius 2 is 2.07 bits per heavy atom. The Kier molecular flexibility index (Phi) is 4.38. The van der Waals surface area contributed by atoms with Crippen molar-refractivity contribution < 1.29 is 9.53 Å². The molecule has 0 saturated heterocycles. The van der Waals surface area contributed by atoms with Crippen LogP contribution < -0.4 is 15.4 Å². The van der Waals surface area contributed by atoms with Gasteiger partial charge in [-0.05, 0) is 37.5 Å². The van der Waals surface area contributed by atoms with E-state index in [0.717, 1.165) is 30.6 Å². The summed E-state index contributed by atoms with van der Waals surface area (Å²) in [5.74, 6) is 1.95. The summed E-state index contributed by atoms with van der Waals surface area (Å²) in [6.45, 7) is 0.252. The van der Waals surface area contributed by atoms with E-state index in [-0.39, 0.29) is 24.2 Å². The molecule has 1 spiro atoms. The fraction of sp³-hybridized carbons (Fsp3) is 0.333. The van der Waals surface area contributed by atoms with Crippen LogP contribution in [0.1, 0.15) is 43.1 Å². The van der Waals surface area contributed by atoms with Crippen LogP contribution in [0.2, 0.25) is 0 Å². The molecule has 1 fully saturated rings. The molecule has 2 aromatic heterocycles. The molecule has 1 unspecified atom stereocenters. The van der Waals surface area contributed by atoms with E-state index in [1.54, 1.807) is 6.20 Å². The summed E-state index contributed by atoms with van der Waals surface area (Å²) in [5.41, 5.74) is 1.58. The Labute approximate surface area is 168 Å². The number of aromatic amines is 1. The number of benzene rings is 1. The van der Waals surface area contributed by atoms with Gasteiger partial charge in [0.15, 0.2) is 5.82 Å². The SMILES string of the molecule is O=C(NCc1nc(-c2ccccn2)n[nH]1)NC1CC2(CCC2)Oc2ccccc21. The van der Waals surface area contributed by atoms with Gasteiger partial charge in [-0.25, -0.2) is 9.78 Å². The molecule has 2 aliphatic rings. The van der Waals surface area contributed by atoms with Crippen LogP contribution in [-0.2, 0) is 6.54 Å². The van der Waals surface area contributed by atoms with Crippen LogP contribution in [0.3, 0.4) is 0 Å². The zero-order valence-electron chi connectivity index (χ0n) is 15.9. The lowest BCUT2D eigenvalue weighted by Crippen LogP contribution is -2.50. The second kappa shape index (κ2) is 7.20. The van der Waals surface area contributed by atoms with Crippen LogP contribution >= 0.6 is 0 Å². The molecule has 148 valence electrons. The molecule has 8 nitrogen and oxygen atoms in total. The van der Waals surface area contributed by atoms with E-state index in [0.29, 0.717) is 17.3 Å². The van der Waals surface area contributed by atoms with Gasteiger partial charge in [0.05, 0.1) is 12.6 Å². The number of H-pyrrole nitrogens is 1. The molecular formula is C21H22N6O2. The lowest BCUT2D eigenvalue weighted by Gasteiger charge is -2.47. The first-order valence-electron chi connectivity index (χ1n) is 9.86. The van der Waals surface area contributed by atoms with Gasteiger partial charge in [0.2, 0.25) is 0 Å². The van der Waals surface area contributed by atoms with Crippen molar-refractivity contribution in [1.29, 1.82) is 0 Å². The standard InChI is InChI=1S/C21H22N6O2/c28-20(23-13-18-25-19(27-26-18)15-7-3-4-11-22-15)24-16-12-21(9-5-10-21)29-17-8-2-1-6-14(16)17/h1-4,6-8,11,16H,5,9-10,12-13H2,(H2,23,24,28)(H,25,26,27). The number of fused-ring (bicyclic) bond motifs is 1. The van der Waals surface area contributed by atoms with Crippen molar-refractivity contribution in [2.24, 2.45) is 0 Å². The topological polar surface area (TPSA) is 105 Å². The Morgan fingerprint density at radius 1 is 1.21 bits per heavy atom. The van der Waals surface area contributed by atoms with Gasteiger partial charge in [-0.1, -0.05) is 24.3 Å². The van der Waals surface area contributed by atoms with Crippen LogP contribution in [0, 0.1) is 0 Å². The van der Waals surface area contributed by atoms with Gasteiger partial charge in [0.1, 0.15) is 22.9 Å². The number of hydrogen-bond acceptors (Lipinski definition) is 5. The number of urea groups is 1. The molecule has 1 atom stereocenters. The largest absolute Gasteiger partial charge is 0.487 e. The summed E-state index contributed by atoms with van der Waals surface area (Å²) in [4.78, 5) is 21.2. The van der Waals surface area contributed by atoms with E-state index in [9.17, 15) is 4.79 Å². The molecule has 0 bridgehead atoms. The minimum Gasteiger partial charge on any atom is -0.487 e. The zero-order chi connectivity index (χ0) is 19.7. The number of aromatic nitrogens is 4. The molecule has 3 N–H and O–H groups in total. The molecule has 3 aromatic rings. The van der Waals surface area contributed by atoms with Crippen molar-refractivity contribution in [1.82, 2.24) is 30.8 Å². The van der Waals surface area contributed by atoms with E-state index in [1.807, 2.05) is 42.5 Å². The van der Waals surface area contributed by atoms with Gasteiger partial charge in [0, 0.05) is 18.2 Å². The monoisotopic (exact) mass is 390 g/mol. The van der Waals surface area contributed by atoms with Crippen molar-refractivity contribution in [3.63, 3.8) is 0 Å². The van der Waals surface area contributed by atoms with E-state index in [2.05, 4.69) is 30.8 Å². The smallest absolute Gasteiger partial charge is 0.315 e. The third-order valence-electron chi connectivity index (χ3n) is 5.61. The highest BCUT2D eigenvalue weighted by atomic mass is 16.5. The second-order valence-electron chi connectivity index (χ2n) is 7.58. The first-order chi connectivity index (χ1) is 14.2. The fourth-order valence-electron chi connectivity index (χ4n) is 3.98. The van der Waals surface area contributed by atoms with Crippen LogP contribution in [0.25, 0.3) is 11.5 Å². The molecule has 8 heteroatoms. The number of carbonyl (C=O) groups excluding carboxylic acids is 1. The maximum atomic E-state index is 12.6. The summed E-state index contributed by atoms with van der Waals surface area (Å²) in [6.07, 6.45) is 5.73. The second-order valence-corrected chi connectivity index (χ2v) is 7.58. The third-order valence-corrected chi connectivity index (χ3v) is 5.61. The summed E-state index contributed by atoms with van der Waals surface area (Å²) in [6, 6.07) is 13.2. The van der Waals surface area contributed by atoms with Gasteiger partial charge in [0.25, 0.3) is 0 Å². The Hall–Kier alpha value is -3.42. The van der Waals surface area contributed by atoms with E-state index >= 15 is 0 Å². The van der Waals surface area contributed by atoms with Crippen molar-refractivity contribution in [2.75, 3.05) is 0 Å². The number of pyridine rings is 1. The van der Waals surface area contributed by atoms with E-state index < -0.39 is 0 Å². The zero-order valence-corrected chi connectivity index (χ0v) is 15.9. The van der Waals surface area contributed by atoms with Gasteiger partial charge >= 0.3 is 6.03 Å². The Bertz CT molecular complexity index is 1010. The van der Waals surface area contributed by atoms with Crippen LogP contribution in [-0.4, -0.2) is 31.8 Å². The molecule has 5 rings (SSSR count). The predicted molar refractivity (Wildman–Crippen MR) is 106 cm³/mol. The molecule has 1 saturated carbocycles. The Balaban J connectivity index is 1.23.